The van der Waals surface area contributed by atoms with Crippen molar-refractivity contribution in [2.75, 3.05) is 6.54 Å². The third-order valence-corrected chi connectivity index (χ3v) is 4.07. The second-order valence-corrected chi connectivity index (χ2v) is 5.13. The van der Waals surface area contributed by atoms with Gasteiger partial charge in [-0.05, 0) is 30.9 Å². The van der Waals surface area contributed by atoms with Crippen molar-refractivity contribution in [3.05, 3.63) is 29.8 Å². The van der Waals surface area contributed by atoms with Crippen LogP contribution in [0.4, 0.5) is 0 Å². The van der Waals surface area contributed by atoms with Gasteiger partial charge in [0.15, 0.2) is 0 Å². The Morgan fingerprint density at radius 2 is 2.26 bits per heavy atom. The molecule has 2 heterocycles. The minimum absolute atomic E-state index is 0.0909. The third kappa shape index (κ3) is 1.94. The van der Waals surface area contributed by atoms with Crippen LogP contribution in [0.15, 0.2) is 22.9 Å². The maximum Gasteiger partial charge on any atom is 0.234 e. The van der Waals surface area contributed by atoms with Gasteiger partial charge in [-0.2, -0.15) is 4.98 Å². The van der Waals surface area contributed by atoms with E-state index in [2.05, 4.69) is 22.0 Å². The summed E-state index contributed by atoms with van der Waals surface area (Å²) in [5, 5.41) is 4.09. The van der Waals surface area contributed by atoms with Crippen LogP contribution >= 0.6 is 0 Å². The van der Waals surface area contributed by atoms with Gasteiger partial charge in [0.2, 0.25) is 11.7 Å². The van der Waals surface area contributed by atoms with Gasteiger partial charge < -0.3 is 10.3 Å². The number of hydrogen-bond acceptors (Lipinski definition) is 5. The quantitative estimate of drug-likeness (QED) is 0.908. The predicted octanol–water partition coefficient (Wildman–Crippen LogP) is 2.07. The number of nitrogens with zero attached hydrogens (tertiary/aromatic N) is 3. The van der Waals surface area contributed by atoms with Gasteiger partial charge >= 0.3 is 0 Å². The van der Waals surface area contributed by atoms with Crippen molar-refractivity contribution in [3.8, 4) is 11.5 Å². The highest BCUT2D eigenvalue weighted by atomic mass is 16.5. The third-order valence-electron chi connectivity index (χ3n) is 4.07. The van der Waals surface area contributed by atoms with E-state index in [1.165, 1.54) is 6.42 Å². The first-order valence-corrected chi connectivity index (χ1v) is 6.77. The molecule has 1 aliphatic rings. The van der Waals surface area contributed by atoms with Crippen molar-refractivity contribution in [1.82, 2.24) is 15.1 Å². The minimum Gasteiger partial charge on any atom is -0.338 e. The number of aromatic nitrogens is 3. The van der Waals surface area contributed by atoms with Crippen LogP contribution in [-0.4, -0.2) is 21.7 Å². The average molecular weight is 258 g/mol. The van der Waals surface area contributed by atoms with Crippen molar-refractivity contribution in [1.29, 1.82) is 0 Å². The molecule has 0 spiro atoms. The second-order valence-electron chi connectivity index (χ2n) is 5.13. The van der Waals surface area contributed by atoms with E-state index < -0.39 is 0 Å². The first kappa shape index (κ1) is 12.3. The Labute approximate surface area is 112 Å². The minimum atomic E-state index is -0.0909. The van der Waals surface area contributed by atoms with E-state index in [4.69, 9.17) is 10.3 Å². The topological polar surface area (TPSA) is 77.8 Å². The molecule has 1 aliphatic carbocycles. The van der Waals surface area contributed by atoms with Gasteiger partial charge in [0.1, 0.15) is 5.69 Å². The predicted molar refractivity (Wildman–Crippen MR) is 71.5 cm³/mol. The summed E-state index contributed by atoms with van der Waals surface area (Å²) in [5.74, 6) is 1.25. The van der Waals surface area contributed by atoms with E-state index in [-0.39, 0.29) is 5.41 Å². The number of hydrogen-bond donors (Lipinski definition) is 1. The SMILES string of the molecule is CCc1cccnc1-c1noc(C2(CN)CCC2)n1. The molecule has 1 saturated carbocycles. The van der Waals surface area contributed by atoms with Crippen molar-refractivity contribution in [2.24, 2.45) is 5.73 Å². The van der Waals surface area contributed by atoms with Crippen LogP contribution in [-0.2, 0) is 11.8 Å². The smallest absolute Gasteiger partial charge is 0.234 e. The van der Waals surface area contributed by atoms with Crippen LogP contribution in [0.3, 0.4) is 0 Å². The van der Waals surface area contributed by atoms with Gasteiger partial charge in [-0.1, -0.05) is 24.6 Å². The molecule has 1 fully saturated rings. The molecule has 5 nitrogen and oxygen atoms in total. The molecule has 100 valence electrons. The lowest BCUT2D eigenvalue weighted by molar-refractivity contribution is 0.182. The Bertz CT molecular complexity index is 569. The molecule has 2 N–H and O–H groups in total. The highest BCUT2D eigenvalue weighted by molar-refractivity contribution is 5.54. The summed E-state index contributed by atoms with van der Waals surface area (Å²) in [5.41, 5.74) is 7.71. The number of aryl methyl sites for hydroxylation is 1. The van der Waals surface area contributed by atoms with Crippen LogP contribution < -0.4 is 5.73 Å². The average Bonchev–Trinajstić information content (AvgIpc) is 2.88. The second kappa shape index (κ2) is 4.74. The molecule has 2 aromatic rings. The Balaban J connectivity index is 1.97. The van der Waals surface area contributed by atoms with E-state index in [0.29, 0.717) is 18.3 Å². The van der Waals surface area contributed by atoms with Gasteiger partial charge in [-0.25, -0.2) is 0 Å². The van der Waals surface area contributed by atoms with Crippen LogP contribution in [0.25, 0.3) is 11.5 Å². The fourth-order valence-electron chi connectivity index (χ4n) is 2.57. The number of rotatable bonds is 4. The first-order chi connectivity index (χ1) is 9.29. The first-order valence-electron chi connectivity index (χ1n) is 6.77. The summed E-state index contributed by atoms with van der Waals surface area (Å²) in [7, 11) is 0. The van der Waals surface area contributed by atoms with E-state index in [9.17, 15) is 0 Å². The van der Waals surface area contributed by atoms with Crippen molar-refractivity contribution < 1.29 is 4.52 Å². The van der Waals surface area contributed by atoms with Gasteiger partial charge in [-0.3, -0.25) is 4.98 Å². The van der Waals surface area contributed by atoms with Crippen molar-refractivity contribution in [2.45, 2.75) is 38.0 Å². The largest absolute Gasteiger partial charge is 0.338 e. The fraction of sp³-hybridized carbons (Fsp3) is 0.500. The molecular weight excluding hydrogens is 240 g/mol. The number of pyridine rings is 1. The summed E-state index contributed by atoms with van der Waals surface area (Å²) in [4.78, 5) is 8.90. The zero-order valence-electron chi connectivity index (χ0n) is 11.1. The molecular formula is C14H18N4O. The van der Waals surface area contributed by atoms with Crippen LogP contribution in [0.2, 0.25) is 0 Å². The molecule has 0 bridgehead atoms. The molecule has 0 radical (unpaired) electrons. The molecule has 19 heavy (non-hydrogen) atoms. The monoisotopic (exact) mass is 258 g/mol. The summed E-state index contributed by atoms with van der Waals surface area (Å²) in [6, 6.07) is 3.97. The lowest BCUT2D eigenvalue weighted by atomic mass is 9.69. The molecule has 2 aromatic heterocycles. The van der Waals surface area contributed by atoms with Gasteiger partial charge in [0.25, 0.3) is 0 Å². The van der Waals surface area contributed by atoms with Gasteiger partial charge in [-0.15, -0.1) is 0 Å². The lowest BCUT2D eigenvalue weighted by Crippen LogP contribution is -2.41. The van der Waals surface area contributed by atoms with Crippen LogP contribution in [0.1, 0.15) is 37.6 Å². The zero-order chi connectivity index (χ0) is 13.3. The molecule has 0 aromatic carbocycles. The summed E-state index contributed by atoms with van der Waals surface area (Å²) < 4.78 is 5.44. The number of nitrogens with two attached hydrogens (primary N) is 1. The molecule has 3 rings (SSSR count). The van der Waals surface area contributed by atoms with E-state index in [1.807, 2.05) is 12.1 Å². The molecule has 0 aliphatic heterocycles. The standard InChI is InChI=1S/C14H18N4O/c1-2-10-5-3-8-16-11(10)12-17-13(19-18-12)14(9-15)6-4-7-14/h3,5,8H,2,4,6-7,9,15H2,1H3. The van der Waals surface area contributed by atoms with Crippen molar-refractivity contribution in [3.63, 3.8) is 0 Å². The lowest BCUT2D eigenvalue weighted by Gasteiger charge is -2.36. The van der Waals surface area contributed by atoms with Gasteiger partial charge in [0.05, 0.1) is 5.41 Å². The van der Waals surface area contributed by atoms with Crippen LogP contribution in [0, 0.1) is 0 Å². The van der Waals surface area contributed by atoms with E-state index in [1.54, 1.807) is 6.20 Å². The highest BCUT2D eigenvalue weighted by Crippen LogP contribution is 2.42. The summed E-state index contributed by atoms with van der Waals surface area (Å²) in [6.07, 6.45) is 5.91. The fourth-order valence-corrected chi connectivity index (χ4v) is 2.57. The van der Waals surface area contributed by atoms with Crippen molar-refractivity contribution >= 4 is 0 Å². The summed E-state index contributed by atoms with van der Waals surface area (Å²) in [6.45, 7) is 2.66. The summed E-state index contributed by atoms with van der Waals surface area (Å²) >= 11 is 0. The normalized spacial score (nSPS) is 17.2. The maximum atomic E-state index is 5.86. The maximum absolute atomic E-state index is 5.86. The van der Waals surface area contributed by atoms with Gasteiger partial charge in [0, 0.05) is 12.7 Å². The molecule has 5 heteroatoms. The van der Waals surface area contributed by atoms with Crippen LogP contribution in [0.5, 0.6) is 0 Å². The molecule has 0 amide bonds. The molecule has 0 unspecified atom stereocenters. The Morgan fingerprint density at radius 3 is 2.89 bits per heavy atom. The molecule has 0 saturated heterocycles. The highest BCUT2D eigenvalue weighted by Gasteiger charge is 2.42. The molecule has 0 atom stereocenters. The Morgan fingerprint density at radius 1 is 1.42 bits per heavy atom. The Hall–Kier alpha value is -1.75. The Kier molecular flexibility index (Phi) is 3.06. The van der Waals surface area contributed by atoms with E-state index >= 15 is 0 Å². The van der Waals surface area contributed by atoms with E-state index in [0.717, 1.165) is 30.5 Å². The zero-order valence-corrected chi connectivity index (χ0v) is 11.1.